The maximum Gasteiger partial charge on any atom is 0.151 e. The van der Waals surface area contributed by atoms with E-state index in [1.54, 1.807) is 0 Å². The molecule has 2 unspecified atom stereocenters. The van der Waals surface area contributed by atoms with Crippen LogP contribution in [0.25, 0.3) is 0 Å². The summed E-state index contributed by atoms with van der Waals surface area (Å²) in [6.45, 7) is 0.914. The molecule has 1 heterocycles. The first-order valence-electron chi connectivity index (χ1n) is 7.66. The normalized spacial score (nSPS) is 28.8. The fraction of sp³-hybridized carbons (Fsp3) is 0.625. The van der Waals surface area contributed by atoms with Crippen molar-refractivity contribution >= 4 is 9.84 Å². The molecular formula is C16H23NO2S. The van der Waals surface area contributed by atoms with Gasteiger partial charge in [0.15, 0.2) is 9.84 Å². The van der Waals surface area contributed by atoms with E-state index in [4.69, 9.17) is 0 Å². The van der Waals surface area contributed by atoms with E-state index in [9.17, 15) is 8.42 Å². The number of benzene rings is 1. The lowest BCUT2D eigenvalue weighted by atomic mass is 9.83. The van der Waals surface area contributed by atoms with Crippen molar-refractivity contribution < 1.29 is 8.42 Å². The van der Waals surface area contributed by atoms with Crippen LogP contribution in [0.5, 0.6) is 0 Å². The highest BCUT2D eigenvalue weighted by atomic mass is 32.2. The van der Waals surface area contributed by atoms with Crippen LogP contribution in [-0.2, 0) is 16.3 Å². The van der Waals surface area contributed by atoms with Crippen molar-refractivity contribution in [2.75, 3.05) is 18.1 Å². The van der Waals surface area contributed by atoms with Crippen LogP contribution in [0.1, 0.15) is 42.7 Å². The van der Waals surface area contributed by atoms with Crippen LogP contribution in [0.3, 0.4) is 0 Å². The van der Waals surface area contributed by atoms with Gasteiger partial charge in [-0.2, -0.15) is 0 Å². The molecule has 110 valence electrons. The standard InChI is InChI=1S/C16H23NO2S/c18-20(19)10-4-8-15(12-20)17-11-14-7-3-6-13-5-1-2-9-16(13)14/h1-2,5,9,14-15,17H,3-4,6-8,10-12H2. The molecule has 1 aliphatic heterocycles. The van der Waals surface area contributed by atoms with E-state index in [1.165, 1.54) is 30.4 Å². The predicted molar refractivity (Wildman–Crippen MR) is 81.8 cm³/mol. The molecule has 0 amide bonds. The fourth-order valence-electron chi connectivity index (χ4n) is 3.56. The van der Waals surface area contributed by atoms with E-state index in [1.807, 2.05) is 0 Å². The van der Waals surface area contributed by atoms with Gasteiger partial charge in [0.25, 0.3) is 0 Å². The van der Waals surface area contributed by atoms with Crippen molar-refractivity contribution in [3.63, 3.8) is 0 Å². The predicted octanol–water partition coefficient (Wildman–Crippen LogP) is 2.27. The van der Waals surface area contributed by atoms with Gasteiger partial charge in [-0.25, -0.2) is 8.42 Å². The van der Waals surface area contributed by atoms with E-state index in [0.717, 1.165) is 19.4 Å². The molecule has 1 aliphatic carbocycles. The van der Waals surface area contributed by atoms with Crippen LogP contribution in [0, 0.1) is 0 Å². The molecule has 3 rings (SSSR count). The highest BCUT2D eigenvalue weighted by Gasteiger charge is 2.26. The topological polar surface area (TPSA) is 46.2 Å². The summed E-state index contributed by atoms with van der Waals surface area (Å²) in [5, 5.41) is 3.51. The van der Waals surface area contributed by atoms with E-state index < -0.39 is 9.84 Å². The van der Waals surface area contributed by atoms with Gasteiger partial charge in [0.2, 0.25) is 0 Å². The first-order valence-corrected chi connectivity index (χ1v) is 9.48. The molecule has 0 spiro atoms. The Morgan fingerprint density at radius 3 is 2.85 bits per heavy atom. The molecule has 2 atom stereocenters. The van der Waals surface area contributed by atoms with Crippen molar-refractivity contribution in [3.8, 4) is 0 Å². The molecule has 0 aromatic heterocycles. The van der Waals surface area contributed by atoms with E-state index in [2.05, 4.69) is 29.6 Å². The van der Waals surface area contributed by atoms with Gasteiger partial charge in [0.1, 0.15) is 0 Å². The van der Waals surface area contributed by atoms with E-state index >= 15 is 0 Å². The zero-order valence-electron chi connectivity index (χ0n) is 11.8. The average Bonchev–Trinajstić information content (AvgIpc) is 2.44. The fourth-order valence-corrected chi connectivity index (χ4v) is 5.23. The molecule has 2 aliphatic rings. The third-order valence-corrected chi connectivity index (χ3v) is 6.43. The summed E-state index contributed by atoms with van der Waals surface area (Å²) in [7, 11) is -2.81. The summed E-state index contributed by atoms with van der Waals surface area (Å²) in [6, 6.07) is 8.85. The van der Waals surface area contributed by atoms with E-state index in [0.29, 0.717) is 17.4 Å². The Bertz CT molecular complexity index is 568. The van der Waals surface area contributed by atoms with Gasteiger partial charge in [-0.05, 0) is 49.1 Å². The summed E-state index contributed by atoms with van der Waals surface area (Å²) in [4.78, 5) is 0. The maximum atomic E-state index is 11.7. The zero-order chi connectivity index (χ0) is 14.0. The lowest BCUT2D eigenvalue weighted by Gasteiger charge is -2.29. The Labute approximate surface area is 121 Å². The number of nitrogens with one attached hydrogen (secondary N) is 1. The summed E-state index contributed by atoms with van der Waals surface area (Å²) < 4.78 is 23.3. The second kappa shape index (κ2) is 5.86. The molecule has 1 fully saturated rings. The molecule has 3 nitrogen and oxygen atoms in total. The molecule has 0 bridgehead atoms. The monoisotopic (exact) mass is 293 g/mol. The van der Waals surface area contributed by atoms with Crippen LogP contribution in [-0.4, -0.2) is 32.5 Å². The molecule has 1 aromatic carbocycles. The minimum atomic E-state index is -2.81. The number of aryl methyl sites for hydroxylation is 1. The Balaban J connectivity index is 1.62. The Kier molecular flexibility index (Phi) is 4.13. The molecule has 4 heteroatoms. The highest BCUT2D eigenvalue weighted by Crippen LogP contribution is 2.31. The molecule has 20 heavy (non-hydrogen) atoms. The maximum absolute atomic E-state index is 11.7. The first kappa shape index (κ1) is 14.1. The van der Waals surface area contributed by atoms with Crippen molar-refractivity contribution in [3.05, 3.63) is 35.4 Å². The minimum absolute atomic E-state index is 0.155. The second-order valence-electron chi connectivity index (χ2n) is 6.15. The largest absolute Gasteiger partial charge is 0.312 e. The molecule has 0 saturated carbocycles. The van der Waals surface area contributed by atoms with Gasteiger partial charge < -0.3 is 5.32 Å². The summed E-state index contributed by atoms with van der Waals surface area (Å²) in [5.41, 5.74) is 2.94. The number of sulfone groups is 1. The van der Waals surface area contributed by atoms with Crippen LogP contribution in [0.4, 0.5) is 0 Å². The molecule has 1 saturated heterocycles. The van der Waals surface area contributed by atoms with Crippen molar-refractivity contribution in [1.29, 1.82) is 0 Å². The highest BCUT2D eigenvalue weighted by molar-refractivity contribution is 7.91. The molecule has 1 N–H and O–H groups in total. The van der Waals surface area contributed by atoms with Crippen LogP contribution < -0.4 is 5.32 Å². The summed E-state index contributed by atoms with van der Waals surface area (Å²) in [6.07, 6.45) is 5.44. The van der Waals surface area contributed by atoms with Gasteiger partial charge in [0.05, 0.1) is 11.5 Å². The minimum Gasteiger partial charge on any atom is -0.312 e. The molecular weight excluding hydrogens is 270 g/mol. The van der Waals surface area contributed by atoms with Crippen LogP contribution in [0.15, 0.2) is 24.3 Å². The summed E-state index contributed by atoms with van der Waals surface area (Å²) in [5.74, 6) is 1.24. The van der Waals surface area contributed by atoms with Gasteiger partial charge in [-0.3, -0.25) is 0 Å². The SMILES string of the molecule is O=S1(=O)CCCC(NCC2CCCc3ccccc32)C1. The third-order valence-electron chi connectivity index (χ3n) is 4.61. The third kappa shape index (κ3) is 3.23. The van der Waals surface area contributed by atoms with Crippen molar-refractivity contribution in [2.24, 2.45) is 0 Å². The average molecular weight is 293 g/mol. The van der Waals surface area contributed by atoms with Gasteiger partial charge in [-0.15, -0.1) is 0 Å². The number of hydrogen-bond donors (Lipinski definition) is 1. The van der Waals surface area contributed by atoms with E-state index in [-0.39, 0.29) is 6.04 Å². The number of hydrogen-bond acceptors (Lipinski definition) is 3. The smallest absolute Gasteiger partial charge is 0.151 e. The second-order valence-corrected chi connectivity index (χ2v) is 8.38. The lowest BCUT2D eigenvalue weighted by molar-refractivity contribution is 0.437. The number of rotatable bonds is 3. The van der Waals surface area contributed by atoms with Crippen molar-refractivity contribution in [1.82, 2.24) is 5.32 Å². The lowest BCUT2D eigenvalue weighted by Crippen LogP contribution is -2.42. The van der Waals surface area contributed by atoms with Crippen LogP contribution >= 0.6 is 0 Å². The van der Waals surface area contributed by atoms with Gasteiger partial charge in [-0.1, -0.05) is 24.3 Å². The Hall–Kier alpha value is -0.870. The number of fused-ring (bicyclic) bond motifs is 1. The first-order chi connectivity index (χ1) is 9.64. The van der Waals surface area contributed by atoms with Crippen LogP contribution in [0.2, 0.25) is 0 Å². The quantitative estimate of drug-likeness (QED) is 0.930. The van der Waals surface area contributed by atoms with Gasteiger partial charge in [0, 0.05) is 12.6 Å². The molecule has 0 radical (unpaired) electrons. The zero-order valence-corrected chi connectivity index (χ0v) is 12.7. The summed E-state index contributed by atoms with van der Waals surface area (Å²) >= 11 is 0. The van der Waals surface area contributed by atoms with Crippen molar-refractivity contribution in [2.45, 2.75) is 44.1 Å². The Morgan fingerprint density at radius 1 is 1.15 bits per heavy atom. The Morgan fingerprint density at radius 2 is 2.00 bits per heavy atom. The van der Waals surface area contributed by atoms with Gasteiger partial charge >= 0.3 is 0 Å². The molecule has 1 aromatic rings.